The van der Waals surface area contributed by atoms with Gasteiger partial charge < -0.3 is 9.47 Å². The van der Waals surface area contributed by atoms with E-state index < -0.39 is 0 Å². The number of hydrogen-bond acceptors (Lipinski definition) is 2. The van der Waals surface area contributed by atoms with E-state index in [1.807, 2.05) is 18.2 Å². The minimum absolute atomic E-state index is 0. The maximum Gasteiger partial charge on any atom is 0.254 e. The lowest BCUT2D eigenvalue weighted by molar-refractivity contribution is 0.0698. The molecule has 0 aliphatic carbocycles. The van der Waals surface area contributed by atoms with Crippen LogP contribution >= 0.6 is 12.4 Å². The highest BCUT2D eigenvalue weighted by Crippen LogP contribution is 2.26. The largest absolute Gasteiger partial charge is 0.338 e. The number of amides is 1. The van der Waals surface area contributed by atoms with E-state index in [0.717, 1.165) is 38.4 Å². The van der Waals surface area contributed by atoms with Crippen LogP contribution in [0, 0.1) is 5.92 Å². The topological polar surface area (TPSA) is 28.5 Å². The lowest BCUT2D eigenvalue weighted by Gasteiger charge is -2.34. The molecule has 152 valence electrons. The summed E-state index contributed by atoms with van der Waals surface area (Å²) in [4.78, 5) is 17.2. The molecule has 3 heterocycles. The van der Waals surface area contributed by atoms with Crippen LogP contribution in [-0.2, 0) is 19.6 Å². The Kier molecular flexibility index (Phi) is 7.19. The van der Waals surface area contributed by atoms with Gasteiger partial charge >= 0.3 is 0 Å². The molecule has 4 rings (SSSR count). The van der Waals surface area contributed by atoms with Crippen molar-refractivity contribution in [2.45, 2.75) is 52.2 Å². The zero-order valence-electron chi connectivity index (χ0n) is 16.8. The molecule has 1 aromatic carbocycles. The van der Waals surface area contributed by atoms with Gasteiger partial charge in [0.15, 0.2) is 0 Å². The lowest BCUT2D eigenvalue weighted by atomic mass is 9.96. The molecule has 4 nitrogen and oxygen atoms in total. The van der Waals surface area contributed by atoms with Gasteiger partial charge in [-0.25, -0.2) is 0 Å². The first-order chi connectivity index (χ1) is 13.2. The van der Waals surface area contributed by atoms with Crippen molar-refractivity contribution in [2.75, 3.05) is 19.6 Å². The second-order valence-electron chi connectivity index (χ2n) is 8.12. The van der Waals surface area contributed by atoms with Crippen molar-refractivity contribution in [3.05, 3.63) is 59.4 Å². The fraction of sp³-hybridized carbons (Fsp3) is 0.522. The number of hydrogen-bond donors (Lipinski definition) is 0. The third-order valence-electron chi connectivity index (χ3n) is 6.14. The standard InChI is InChI=1S/C23H31N3O.ClH/c1-2-3-8-21-9-6-13-25(21)18-24-14-11-19(12-15-24)16-26-17-20-7-4-5-10-22(20)23(26)27;/h4-7,9-10,13,19H,2-3,8,11-12,14-18H2,1H3;1H. The summed E-state index contributed by atoms with van der Waals surface area (Å²) in [5.41, 5.74) is 3.55. The summed E-state index contributed by atoms with van der Waals surface area (Å²) in [6.07, 6.45) is 8.28. The quantitative estimate of drug-likeness (QED) is 0.679. The van der Waals surface area contributed by atoms with Crippen LogP contribution in [0.1, 0.15) is 54.2 Å². The predicted molar refractivity (Wildman–Crippen MR) is 116 cm³/mol. The number of aromatic nitrogens is 1. The summed E-state index contributed by atoms with van der Waals surface area (Å²) in [5.74, 6) is 0.852. The first kappa shape index (κ1) is 20.9. The first-order valence-corrected chi connectivity index (χ1v) is 10.5. The summed E-state index contributed by atoms with van der Waals surface area (Å²) < 4.78 is 2.41. The molecule has 0 atom stereocenters. The highest BCUT2D eigenvalue weighted by atomic mass is 35.5. The van der Waals surface area contributed by atoms with Gasteiger partial charge in [-0.1, -0.05) is 31.5 Å². The first-order valence-electron chi connectivity index (χ1n) is 10.5. The monoisotopic (exact) mass is 401 g/mol. The Morgan fingerprint density at radius 3 is 2.61 bits per heavy atom. The minimum atomic E-state index is 0. The van der Waals surface area contributed by atoms with Crippen molar-refractivity contribution < 1.29 is 4.79 Å². The van der Waals surface area contributed by atoms with Gasteiger partial charge in [0, 0.05) is 43.6 Å². The number of aryl methyl sites for hydroxylation is 1. The van der Waals surface area contributed by atoms with Crippen molar-refractivity contribution in [3.8, 4) is 0 Å². The Morgan fingerprint density at radius 1 is 1.07 bits per heavy atom. The van der Waals surface area contributed by atoms with Crippen LogP contribution < -0.4 is 0 Å². The van der Waals surface area contributed by atoms with E-state index in [-0.39, 0.29) is 18.3 Å². The molecule has 2 aliphatic heterocycles. The fourth-order valence-electron chi connectivity index (χ4n) is 4.47. The van der Waals surface area contributed by atoms with Crippen LogP contribution in [0.15, 0.2) is 42.6 Å². The predicted octanol–water partition coefficient (Wildman–Crippen LogP) is 4.58. The van der Waals surface area contributed by atoms with Gasteiger partial charge in [0.2, 0.25) is 0 Å². The summed E-state index contributed by atoms with van der Waals surface area (Å²) in [7, 11) is 0. The molecule has 28 heavy (non-hydrogen) atoms. The van der Waals surface area contributed by atoms with Gasteiger partial charge in [0.1, 0.15) is 0 Å². The van der Waals surface area contributed by atoms with Crippen LogP contribution in [0.5, 0.6) is 0 Å². The molecule has 1 amide bonds. The lowest BCUT2D eigenvalue weighted by Crippen LogP contribution is -2.39. The van der Waals surface area contributed by atoms with E-state index in [4.69, 9.17) is 0 Å². The maximum absolute atomic E-state index is 12.6. The second-order valence-corrected chi connectivity index (χ2v) is 8.12. The SMILES string of the molecule is CCCCc1cccn1CN1CCC(CN2Cc3ccccc3C2=O)CC1.Cl. The van der Waals surface area contributed by atoms with Crippen molar-refractivity contribution in [1.29, 1.82) is 0 Å². The number of carbonyl (C=O) groups is 1. The molecule has 2 aliphatic rings. The molecule has 5 heteroatoms. The number of nitrogens with zero attached hydrogens (tertiary/aromatic N) is 3. The normalized spacial score (nSPS) is 17.6. The number of rotatable bonds is 7. The molecule has 0 unspecified atom stereocenters. The van der Waals surface area contributed by atoms with Gasteiger partial charge in [-0.15, -0.1) is 12.4 Å². The van der Waals surface area contributed by atoms with Gasteiger partial charge in [0.25, 0.3) is 5.91 Å². The molecule has 2 aromatic rings. The van der Waals surface area contributed by atoms with Crippen LogP contribution in [0.4, 0.5) is 0 Å². The molecular weight excluding hydrogens is 370 g/mol. The number of fused-ring (bicyclic) bond motifs is 1. The number of halogens is 1. The maximum atomic E-state index is 12.6. The smallest absolute Gasteiger partial charge is 0.254 e. The Bertz CT molecular complexity index is 780. The summed E-state index contributed by atoms with van der Waals surface area (Å²) >= 11 is 0. The van der Waals surface area contributed by atoms with Crippen molar-refractivity contribution in [1.82, 2.24) is 14.4 Å². The highest BCUT2D eigenvalue weighted by Gasteiger charge is 2.30. The van der Waals surface area contributed by atoms with Gasteiger partial charge in [-0.2, -0.15) is 0 Å². The molecule has 1 aromatic heterocycles. The fourth-order valence-corrected chi connectivity index (χ4v) is 4.47. The summed E-state index contributed by atoms with van der Waals surface area (Å²) in [6.45, 7) is 7.22. The average Bonchev–Trinajstić information content (AvgIpc) is 3.26. The number of piperidine rings is 1. The Labute approximate surface area is 174 Å². The van der Waals surface area contributed by atoms with Crippen LogP contribution in [0.2, 0.25) is 0 Å². The molecule has 0 N–H and O–H groups in total. The number of benzene rings is 1. The van der Waals surface area contributed by atoms with E-state index in [1.54, 1.807) is 0 Å². The molecule has 0 spiro atoms. The van der Waals surface area contributed by atoms with Gasteiger partial charge in [0.05, 0.1) is 6.67 Å². The Hall–Kier alpha value is -1.78. The molecule has 0 saturated carbocycles. The molecule has 1 saturated heterocycles. The number of likely N-dealkylation sites (tertiary alicyclic amines) is 1. The van der Waals surface area contributed by atoms with Crippen molar-refractivity contribution >= 4 is 18.3 Å². The van der Waals surface area contributed by atoms with Crippen LogP contribution in [-0.4, -0.2) is 39.9 Å². The minimum Gasteiger partial charge on any atom is -0.338 e. The zero-order chi connectivity index (χ0) is 18.6. The third kappa shape index (κ3) is 4.61. The van der Waals surface area contributed by atoms with Crippen LogP contribution in [0.25, 0.3) is 0 Å². The number of unbranched alkanes of at least 4 members (excludes halogenated alkanes) is 1. The van der Waals surface area contributed by atoms with E-state index >= 15 is 0 Å². The Morgan fingerprint density at radius 2 is 1.86 bits per heavy atom. The van der Waals surface area contributed by atoms with Crippen molar-refractivity contribution in [3.63, 3.8) is 0 Å². The zero-order valence-corrected chi connectivity index (χ0v) is 17.7. The van der Waals surface area contributed by atoms with Gasteiger partial charge in [-0.05, 0) is 55.4 Å². The highest BCUT2D eigenvalue weighted by molar-refractivity contribution is 5.98. The second kappa shape index (κ2) is 9.62. The summed E-state index contributed by atoms with van der Waals surface area (Å²) in [6, 6.07) is 12.5. The summed E-state index contributed by atoms with van der Waals surface area (Å²) in [5, 5.41) is 0. The molecule has 1 fully saturated rings. The van der Waals surface area contributed by atoms with Crippen LogP contribution in [0.3, 0.4) is 0 Å². The van der Waals surface area contributed by atoms with Crippen molar-refractivity contribution in [2.24, 2.45) is 5.92 Å². The van der Waals surface area contributed by atoms with Gasteiger partial charge in [-0.3, -0.25) is 9.69 Å². The number of carbonyl (C=O) groups excluding carboxylic acids is 1. The van der Waals surface area contributed by atoms with E-state index in [9.17, 15) is 4.79 Å². The third-order valence-corrected chi connectivity index (χ3v) is 6.14. The van der Waals surface area contributed by atoms with E-state index in [0.29, 0.717) is 5.92 Å². The van der Waals surface area contributed by atoms with E-state index in [1.165, 1.54) is 43.4 Å². The molecule has 0 bridgehead atoms. The molecular formula is C23H32ClN3O. The molecule has 0 radical (unpaired) electrons. The average molecular weight is 402 g/mol. The Balaban J connectivity index is 0.00000225. The van der Waals surface area contributed by atoms with E-state index in [2.05, 4.69) is 45.7 Å².